The largest absolute Gasteiger partial charge is 0.463 e. The first kappa shape index (κ1) is 14.0. The zero-order chi connectivity index (χ0) is 14.4. The van der Waals surface area contributed by atoms with Gasteiger partial charge in [-0.25, -0.2) is 0 Å². The minimum Gasteiger partial charge on any atom is -0.463 e. The molecule has 2 heterocycles. The second kappa shape index (κ2) is 6.69. The molecule has 8 nitrogen and oxygen atoms in total. The summed E-state index contributed by atoms with van der Waals surface area (Å²) in [5.74, 6) is 0.927. The molecule has 2 aromatic rings. The number of ether oxygens (including phenoxy) is 1. The van der Waals surface area contributed by atoms with E-state index >= 15 is 0 Å². The van der Waals surface area contributed by atoms with Gasteiger partial charge >= 0.3 is 6.01 Å². The Kier molecular flexibility index (Phi) is 4.70. The predicted molar refractivity (Wildman–Crippen MR) is 75.7 cm³/mol. The number of hydrogen-bond donors (Lipinski definition) is 2. The van der Waals surface area contributed by atoms with Crippen molar-refractivity contribution in [3.05, 3.63) is 18.0 Å². The van der Waals surface area contributed by atoms with Crippen LogP contribution in [0.3, 0.4) is 0 Å². The molecule has 8 heteroatoms. The van der Waals surface area contributed by atoms with Gasteiger partial charge in [0.05, 0.1) is 18.8 Å². The molecule has 0 unspecified atom stereocenters. The summed E-state index contributed by atoms with van der Waals surface area (Å²) >= 11 is 0. The Hall–Kier alpha value is -2.38. The number of rotatable bonds is 7. The monoisotopic (exact) mass is 277 g/mol. The fraction of sp³-hybridized carbons (Fsp3) is 0.500. The third kappa shape index (κ3) is 3.81. The molecule has 0 saturated heterocycles. The van der Waals surface area contributed by atoms with Crippen LogP contribution in [-0.2, 0) is 13.6 Å². The van der Waals surface area contributed by atoms with E-state index in [9.17, 15) is 0 Å². The molecule has 0 aliphatic heterocycles. The van der Waals surface area contributed by atoms with Crippen molar-refractivity contribution >= 4 is 11.9 Å². The van der Waals surface area contributed by atoms with Crippen molar-refractivity contribution in [1.82, 2.24) is 24.7 Å². The highest BCUT2D eigenvalue weighted by molar-refractivity contribution is 5.35. The average Bonchev–Trinajstić information content (AvgIpc) is 2.88. The summed E-state index contributed by atoms with van der Waals surface area (Å²) in [5.41, 5.74) is 0.912. The van der Waals surface area contributed by atoms with E-state index in [4.69, 9.17) is 4.74 Å². The molecule has 0 atom stereocenters. The maximum atomic E-state index is 5.43. The topological polar surface area (TPSA) is 89.8 Å². The average molecular weight is 277 g/mol. The molecule has 2 N–H and O–H groups in total. The van der Waals surface area contributed by atoms with Crippen LogP contribution < -0.4 is 15.4 Å². The minimum atomic E-state index is 0.315. The summed E-state index contributed by atoms with van der Waals surface area (Å²) in [6.45, 7) is 3.15. The molecule has 0 bridgehead atoms. The summed E-state index contributed by atoms with van der Waals surface area (Å²) in [7, 11) is 3.63. The van der Waals surface area contributed by atoms with Gasteiger partial charge in [-0.3, -0.25) is 4.68 Å². The van der Waals surface area contributed by atoms with Gasteiger partial charge in [-0.1, -0.05) is 6.92 Å². The lowest BCUT2D eigenvalue weighted by atomic mass is 10.4. The Balaban J connectivity index is 2.05. The Labute approximate surface area is 117 Å². The van der Waals surface area contributed by atoms with Gasteiger partial charge in [0, 0.05) is 20.3 Å². The van der Waals surface area contributed by atoms with E-state index in [1.807, 2.05) is 26.2 Å². The zero-order valence-electron chi connectivity index (χ0n) is 11.9. The minimum absolute atomic E-state index is 0.315. The van der Waals surface area contributed by atoms with Crippen LogP contribution in [-0.4, -0.2) is 38.4 Å². The SMILES string of the molecule is CCCOc1nc(NC)nc(NCc2ccn(C)n2)n1. The smallest absolute Gasteiger partial charge is 0.323 e. The standard InChI is InChI=1S/C12H19N7O/c1-4-7-20-12-16-10(13-2)15-11(17-12)14-8-9-5-6-19(3)18-9/h5-6H,4,7-8H2,1-3H3,(H2,13,14,15,16,17). The van der Waals surface area contributed by atoms with Crippen LogP contribution in [0.4, 0.5) is 11.9 Å². The molecule has 20 heavy (non-hydrogen) atoms. The molecule has 2 rings (SSSR count). The van der Waals surface area contributed by atoms with E-state index in [1.54, 1.807) is 11.7 Å². The maximum Gasteiger partial charge on any atom is 0.323 e. The van der Waals surface area contributed by atoms with Crippen LogP contribution in [0, 0.1) is 0 Å². The highest BCUT2D eigenvalue weighted by Gasteiger charge is 2.07. The van der Waals surface area contributed by atoms with Crippen LogP contribution in [0.15, 0.2) is 12.3 Å². The molecule has 0 radical (unpaired) electrons. The summed E-state index contributed by atoms with van der Waals surface area (Å²) in [4.78, 5) is 12.6. The van der Waals surface area contributed by atoms with E-state index < -0.39 is 0 Å². The van der Waals surface area contributed by atoms with Gasteiger partial charge in [-0.05, 0) is 12.5 Å². The van der Waals surface area contributed by atoms with Crippen molar-refractivity contribution in [2.24, 2.45) is 7.05 Å². The molecular weight excluding hydrogens is 258 g/mol. The Bertz CT molecular complexity index is 554. The van der Waals surface area contributed by atoms with Gasteiger partial charge in [-0.15, -0.1) is 0 Å². The van der Waals surface area contributed by atoms with Gasteiger partial charge in [-0.2, -0.15) is 20.1 Å². The van der Waals surface area contributed by atoms with E-state index in [0.717, 1.165) is 12.1 Å². The highest BCUT2D eigenvalue weighted by Crippen LogP contribution is 2.11. The number of anilines is 2. The summed E-state index contributed by atoms with van der Waals surface area (Å²) in [5, 5.41) is 10.3. The lowest BCUT2D eigenvalue weighted by molar-refractivity contribution is 0.292. The molecule has 0 spiro atoms. The van der Waals surface area contributed by atoms with Crippen LogP contribution in [0.1, 0.15) is 19.0 Å². The molecule has 0 amide bonds. The van der Waals surface area contributed by atoms with Gasteiger partial charge in [0.1, 0.15) is 0 Å². The summed E-state index contributed by atoms with van der Waals surface area (Å²) in [6, 6.07) is 2.25. The van der Waals surface area contributed by atoms with Gasteiger partial charge < -0.3 is 15.4 Å². The van der Waals surface area contributed by atoms with Crippen molar-refractivity contribution in [2.45, 2.75) is 19.9 Å². The van der Waals surface area contributed by atoms with E-state index in [0.29, 0.717) is 31.1 Å². The lowest BCUT2D eigenvalue weighted by Gasteiger charge is -2.08. The molecule has 0 aliphatic carbocycles. The number of nitrogens with zero attached hydrogens (tertiary/aromatic N) is 5. The van der Waals surface area contributed by atoms with Crippen LogP contribution in [0.5, 0.6) is 6.01 Å². The molecule has 0 aromatic carbocycles. The first-order chi connectivity index (χ1) is 9.71. The maximum absolute atomic E-state index is 5.43. The Morgan fingerprint density at radius 2 is 2.05 bits per heavy atom. The first-order valence-electron chi connectivity index (χ1n) is 6.50. The quantitative estimate of drug-likeness (QED) is 0.781. The molecule has 0 aliphatic rings. The van der Waals surface area contributed by atoms with Gasteiger partial charge in [0.2, 0.25) is 11.9 Å². The summed E-state index contributed by atoms with van der Waals surface area (Å²) < 4.78 is 7.18. The molecule has 2 aromatic heterocycles. The number of hydrogen-bond acceptors (Lipinski definition) is 7. The molecular formula is C12H19N7O. The number of nitrogens with one attached hydrogen (secondary N) is 2. The third-order valence-corrected chi connectivity index (χ3v) is 2.47. The van der Waals surface area contributed by atoms with Gasteiger partial charge in [0.15, 0.2) is 0 Å². The second-order valence-corrected chi connectivity index (χ2v) is 4.20. The second-order valence-electron chi connectivity index (χ2n) is 4.20. The normalized spacial score (nSPS) is 10.3. The third-order valence-electron chi connectivity index (χ3n) is 2.47. The number of aryl methyl sites for hydroxylation is 1. The first-order valence-corrected chi connectivity index (χ1v) is 6.50. The van der Waals surface area contributed by atoms with E-state index in [-0.39, 0.29) is 0 Å². The van der Waals surface area contributed by atoms with Gasteiger partial charge in [0.25, 0.3) is 0 Å². The molecule has 108 valence electrons. The molecule has 0 fully saturated rings. The van der Waals surface area contributed by atoms with E-state index in [2.05, 4.69) is 30.7 Å². The number of aromatic nitrogens is 5. The van der Waals surface area contributed by atoms with Crippen molar-refractivity contribution in [2.75, 3.05) is 24.3 Å². The van der Waals surface area contributed by atoms with E-state index in [1.165, 1.54) is 0 Å². The Morgan fingerprint density at radius 3 is 2.70 bits per heavy atom. The lowest BCUT2D eigenvalue weighted by Crippen LogP contribution is -2.10. The fourth-order valence-electron chi connectivity index (χ4n) is 1.53. The highest BCUT2D eigenvalue weighted by atomic mass is 16.5. The summed E-state index contributed by atoms with van der Waals surface area (Å²) in [6.07, 6.45) is 2.79. The fourth-order valence-corrected chi connectivity index (χ4v) is 1.53. The zero-order valence-corrected chi connectivity index (χ0v) is 11.9. The Morgan fingerprint density at radius 1 is 1.25 bits per heavy atom. The van der Waals surface area contributed by atoms with Crippen LogP contribution >= 0.6 is 0 Å². The van der Waals surface area contributed by atoms with Crippen LogP contribution in [0.2, 0.25) is 0 Å². The molecule has 0 saturated carbocycles. The van der Waals surface area contributed by atoms with Crippen molar-refractivity contribution < 1.29 is 4.74 Å². The van der Waals surface area contributed by atoms with Crippen molar-refractivity contribution in [3.63, 3.8) is 0 Å². The van der Waals surface area contributed by atoms with Crippen molar-refractivity contribution in [3.8, 4) is 6.01 Å². The van der Waals surface area contributed by atoms with Crippen LogP contribution in [0.25, 0.3) is 0 Å². The van der Waals surface area contributed by atoms with Crippen molar-refractivity contribution in [1.29, 1.82) is 0 Å². The predicted octanol–water partition coefficient (Wildman–Crippen LogP) is 1.05.